The minimum absolute atomic E-state index is 0.0571. The predicted octanol–water partition coefficient (Wildman–Crippen LogP) is 1.12. The fourth-order valence-electron chi connectivity index (χ4n) is 2.46. The molecular formula is C13H15N3O3S. The van der Waals surface area contributed by atoms with Crippen molar-refractivity contribution >= 4 is 9.84 Å². The minimum atomic E-state index is -3.12. The maximum atomic E-state index is 12.0. The van der Waals surface area contributed by atoms with Gasteiger partial charge in [0.15, 0.2) is 15.7 Å². The summed E-state index contributed by atoms with van der Waals surface area (Å²) in [5, 5.41) is 7.11. The molecule has 106 valence electrons. The summed E-state index contributed by atoms with van der Waals surface area (Å²) in [4.78, 5) is 4.40. The quantitative estimate of drug-likeness (QED) is 0.909. The number of hydrogen-bond acceptors (Lipinski definition) is 6. The molecule has 1 aliphatic heterocycles. The van der Waals surface area contributed by atoms with Gasteiger partial charge in [-0.05, 0) is 18.1 Å². The molecule has 3 rings (SSSR count). The third-order valence-electron chi connectivity index (χ3n) is 3.45. The second-order valence-corrected chi connectivity index (χ2v) is 6.83. The van der Waals surface area contributed by atoms with Crippen molar-refractivity contribution in [3.63, 3.8) is 0 Å². The van der Waals surface area contributed by atoms with E-state index in [-0.39, 0.29) is 11.8 Å². The average Bonchev–Trinajstić information content (AvgIpc) is 2.95. The highest BCUT2D eigenvalue weighted by atomic mass is 32.2. The fraction of sp³-hybridized carbons (Fsp3) is 0.385. The van der Waals surface area contributed by atoms with Gasteiger partial charge in [-0.2, -0.15) is 4.98 Å². The summed E-state index contributed by atoms with van der Waals surface area (Å²) in [5.74, 6) is 0.832. The second-order valence-electron chi connectivity index (χ2n) is 4.75. The van der Waals surface area contributed by atoms with Gasteiger partial charge in [0.1, 0.15) is 0 Å². The van der Waals surface area contributed by atoms with E-state index in [1.807, 2.05) is 12.1 Å². The van der Waals surface area contributed by atoms with Gasteiger partial charge in [0.2, 0.25) is 6.39 Å². The lowest BCUT2D eigenvalue weighted by atomic mass is 10.0. The van der Waals surface area contributed by atoms with Crippen LogP contribution >= 0.6 is 0 Å². The van der Waals surface area contributed by atoms with Gasteiger partial charge in [0.05, 0.1) is 10.6 Å². The third kappa shape index (κ3) is 2.59. The summed E-state index contributed by atoms with van der Waals surface area (Å²) in [6.07, 6.45) is 2.55. The zero-order chi connectivity index (χ0) is 14.0. The number of nitrogens with one attached hydrogen (secondary N) is 1. The number of fused-ring (bicyclic) bond motifs is 1. The SMILES string of the molecule is O=S1(=O)CCC(NCCc2ncon2)c2ccccc21. The van der Waals surface area contributed by atoms with Gasteiger partial charge in [-0.25, -0.2) is 8.42 Å². The monoisotopic (exact) mass is 293 g/mol. The molecule has 0 amide bonds. The summed E-state index contributed by atoms with van der Waals surface area (Å²) in [7, 11) is -3.12. The first-order valence-electron chi connectivity index (χ1n) is 6.47. The molecule has 7 heteroatoms. The molecule has 1 atom stereocenters. The highest BCUT2D eigenvalue weighted by Crippen LogP contribution is 2.31. The van der Waals surface area contributed by atoms with Crippen molar-refractivity contribution < 1.29 is 12.9 Å². The Morgan fingerprint density at radius 3 is 3.00 bits per heavy atom. The number of sulfone groups is 1. The van der Waals surface area contributed by atoms with Crippen molar-refractivity contribution in [2.24, 2.45) is 0 Å². The summed E-state index contributed by atoms with van der Waals surface area (Å²) >= 11 is 0. The predicted molar refractivity (Wildman–Crippen MR) is 71.9 cm³/mol. The number of hydrogen-bond donors (Lipinski definition) is 1. The molecule has 0 spiro atoms. The molecule has 0 saturated carbocycles. The summed E-state index contributed by atoms with van der Waals surface area (Å²) in [5.41, 5.74) is 0.854. The Morgan fingerprint density at radius 2 is 2.20 bits per heavy atom. The van der Waals surface area contributed by atoms with E-state index >= 15 is 0 Å². The van der Waals surface area contributed by atoms with Crippen LogP contribution in [0.25, 0.3) is 0 Å². The van der Waals surface area contributed by atoms with Crippen molar-refractivity contribution in [3.8, 4) is 0 Å². The van der Waals surface area contributed by atoms with E-state index in [0.29, 0.717) is 30.1 Å². The van der Waals surface area contributed by atoms with Gasteiger partial charge >= 0.3 is 0 Å². The van der Waals surface area contributed by atoms with Crippen LogP contribution in [0.2, 0.25) is 0 Å². The lowest BCUT2D eigenvalue weighted by Gasteiger charge is -2.26. The zero-order valence-corrected chi connectivity index (χ0v) is 11.6. The summed E-state index contributed by atoms with van der Waals surface area (Å²) in [6, 6.07) is 7.24. The molecular weight excluding hydrogens is 278 g/mol. The maximum absolute atomic E-state index is 12.0. The lowest BCUT2D eigenvalue weighted by Crippen LogP contribution is -2.31. The Kier molecular flexibility index (Phi) is 3.54. The molecule has 20 heavy (non-hydrogen) atoms. The average molecular weight is 293 g/mol. The molecule has 0 bridgehead atoms. The largest absolute Gasteiger partial charge is 0.343 e. The van der Waals surface area contributed by atoms with Crippen LogP contribution in [0.3, 0.4) is 0 Å². The van der Waals surface area contributed by atoms with Crippen LogP contribution in [-0.2, 0) is 16.3 Å². The molecule has 1 N–H and O–H groups in total. The highest BCUT2D eigenvalue weighted by molar-refractivity contribution is 7.91. The van der Waals surface area contributed by atoms with E-state index in [2.05, 4.69) is 20.0 Å². The van der Waals surface area contributed by atoms with Gasteiger partial charge in [0.25, 0.3) is 0 Å². The highest BCUT2D eigenvalue weighted by Gasteiger charge is 2.29. The normalized spacial score (nSPS) is 20.5. The van der Waals surface area contributed by atoms with Crippen LogP contribution in [0.4, 0.5) is 0 Å². The van der Waals surface area contributed by atoms with Crippen molar-refractivity contribution in [2.75, 3.05) is 12.3 Å². The Hall–Kier alpha value is -1.73. The molecule has 6 nitrogen and oxygen atoms in total. The van der Waals surface area contributed by atoms with Gasteiger partial charge in [-0.3, -0.25) is 0 Å². The third-order valence-corrected chi connectivity index (χ3v) is 5.27. The Bertz CT molecular complexity index is 683. The van der Waals surface area contributed by atoms with Gasteiger partial charge < -0.3 is 9.84 Å². The minimum Gasteiger partial charge on any atom is -0.343 e. The molecule has 1 unspecified atom stereocenters. The first-order valence-corrected chi connectivity index (χ1v) is 8.12. The van der Waals surface area contributed by atoms with Gasteiger partial charge in [-0.1, -0.05) is 23.4 Å². The maximum Gasteiger partial charge on any atom is 0.213 e. The zero-order valence-electron chi connectivity index (χ0n) is 10.8. The van der Waals surface area contributed by atoms with E-state index in [0.717, 1.165) is 5.56 Å². The molecule has 1 aromatic carbocycles. The smallest absolute Gasteiger partial charge is 0.213 e. The van der Waals surface area contributed by atoms with Crippen LogP contribution in [0, 0.1) is 0 Å². The number of rotatable bonds is 4. The van der Waals surface area contributed by atoms with Crippen molar-refractivity contribution in [1.82, 2.24) is 15.5 Å². The topological polar surface area (TPSA) is 85.1 Å². The van der Waals surface area contributed by atoms with Crippen LogP contribution in [-0.4, -0.2) is 30.9 Å². The Morgan fingerprint density at radius 1 is 1.35 bits per heavy atom. The Labute approximate surface area is 117 Å². The number of nitrogens with zero attached hydrogens (tertiary/aromatic N) is 2. The van der Waals surface area contributed by atoms with Crippen molar-refractivity contribution in [3.05, 3.63) is 42.0 Å². The van der Waals surface area contributed by atoms with Crippen molar-refractivity contribution in [2.45, 2.75) is 23.8 Å². The molecule has 1 aromatic heterocycles. The van der Waals surface area contributed by atoms with Gasteiger partial charge in [-0.15, -0.1) is 0 Å². The fourth-order valence-corrected chi connectivity index (χ4v) is 4.08. The molecule has 0 fully saturated rings. The summed E-state index contributed by atoms with van der Waals surface area (Å²) < 4.78 is 28.7. The molecule has 2 heterocycles. The Balaban J connectivity index is 1.72. The molecule has 2 aromatic rings. The number of aromatic nitrogens is 2. The number of benzene rings is 1. The molecule has 0 aliphatic carbocycles. The van der Waals surface area contributed by atoms with E-state index in [1.54, 1.807) is 12.1 Å². The van der Waals surface area contributed by atoms with Crippen LogP contribution in [0.5, 0.6) is 0 Å². The molecule has 0 radical (unpaired) electrons. The van der Waals surface area contributed by atoms with Gasteiger partial charge in [0, 0.05) is 19.0 Å². The molecule has 0 saturated heterocycles. The van der Waals surface area contributed by atoms with Crippen molar-refractivity contribution in [1.29, 1.82) is 0 Å². The lowest BCUT2D eigenvalue weighted by molar-refractivity contribution is 0.407. The first kappa shape index (κ1) is 13.3. The standard InChI is InChI=1S/C13H15N3O3S/c17-20(18)8-6-11(10-3-1-2-4-12(10)20)14-7-5-13-15-9-19-16-13/h1-4,9,11,14H,5-8H2. The first-order chi connectivity index (χ1) is 9.67. The second kappa shape index (κ2) is 5.34. The van der Waals surface area contributed by atoms with E-state index in [1.165, 1.54) is 6.39 Å². The van der Waals surface area contributed by atoms with E-state index in [9.17, 15) is 8.42 Å². The summed E-state index contributed by atoms with van der Waals surface area (Å²) in [6.45, 7) is 0.679. The van der Waals surface area contributed by atoms with Crippen LogP contribution in [0.15, 0.2) is 40.1 Å². The molecule has 1 aliphatic rings. The van der Waals surface area contributed by atoms with Crippen LogP contribution < -0.4 is 5.32 Å². The van der Waals surface area contributed by atoms with Crippen LogP contribution in [0.1, 0.15) is 23.9 Å². The van der Waals surface area contributed by atoms with E-state index in [4.69, 9.17) is 0 Å². The van der Waals surface area contributed by atoms with E-state index < -0.39 is 9.84 Å².